The highest BCUT2D eigenvalue weighted by Gasteiger charge is 1.97. The highest BCUT2D eigenvalue weighted by atomic mass is 16.4. The van der Waals surface area contributed by atoms with E-state index in [0.29, 0.717) is 18.9 Å². The van der Waals surface area contributed by atoms with E-state index in [-0.39, 0.29) is 0 Å². The Labute approximate surface area is 99.9 Å². The lowest BCUT2D eigenvalue weighted by atomic mass is 10.1. The molecule has 0 aliphatic carbocycles. The molecular weight excluding hydrogens is 204 g/mol. The van der Waals surface area contributed by atoms with Crippen LogP contribution in [0.2, 0.25) is 0 Å². The Morgan fingerprint density at radius 2 is 1.44 bits per heavy atom. The molecular formula is C13H28O3. The monoisotopic (exact) mass is 232 g/mol. The molecule has 2 N–H and O–H groups in total. The minimum Gasteiger partial charge on any atom is -0.481 e. The average Bonchev–Trinajstić information content (AvgIpc) is 2.14. The normalized spacial score (nSPS) is 10.2. The van der Waals surface area contributed by atoms with Crippen molar-refractivity contribution < 1.29 is 15.0 Å². The van der Waals surface area contributed by atoms with E-state index in [9.17, 15) is 4.79 Å². The maximum atomic E-state index is 9.98. The van der Waals surface area contributed by atoms with E-state index in [1.807, 2.05) is 0 Å². The summed E-state index contributed by atoms with van der Waals surface area (Å²) >= 11 is 0. The largest absolute Gasteiger partial charge is 0.481 e. The number of rotatable bonds is 7. The molecule has 0 saturated carbocycles. The first-order valence-corrected chi connectivity index (χ1v) is 6.22. The third-order valence-electron chi connectivity index (χ3n) is 2.11. The predicted octanol–water partition coefficient (Wildman–Crippen LogP) is 3.31. The lowest BCUT2D eigenvalue weighted by molar-refractivity contribution is -0.137. The highest BCUT2D eigenvalue weighted by molar-refractivity contribution is 5.66. The summed E-state index contributed by atoms with van der Waals surface area (Å²) in [6.45, 7) is 8.87. The fourth-order valence-electron chi connectivity index (χ4n) is 1.16. The molecule has 0 saturated heterocycles. The van der Waals surface area contributed by atoms with Gasteiger partial charge in [0.15, 0.2) is 0 Å². The van der Waals surface area contributed by atoms with Crippen molar-refractivity contribution in [1.29, 1.82) is 0 Å². The van der Waals surface area contributed by atoms with Gasteiger partial charge in [-0.25, -0.2) is 0 Å². The molecule has 0 fully saturated rings. The number of hydrogen-bond donors (Lipinski definition) is 2. The zero-order valence-corrected chi connectivity index (χ0v) is 11.2. The quantitative estimate of drug-likeness (QED) is 0.708. The van der Waals surface area contributed by atoms with Crippen LogP contribution >= 0.6 is 0 Å². The van der Waals surface area contributed by atoms with E-state index < -0.39 is 5.97 Å². The van der Waals surface area contributed by atoms with E-state index in [0.717, 1.165) is 31.6 Å². The Hall–Kier alpha value is -0.570. The number of aliphatic carboxylic acids is 1. The van der Waals surface area contributed by atoms with Gasteiger partial charge in [-0.1, -0.05) is 34.1 Å². The molecule has 0 radical (unpaired) electrons. The van der Waals surface area contributed by atoms with Crippen molar-refractivity contribution in [2.45, 2.75) is 59.8 Å². The number of aliphatic hydroxyl groups excluding tert-OH is 1. The molecule has 3 heteroatoms. The summed E-state index contributed by atoms with van der Waals surface area (Å²) in [6, 6.07) is 0. The van der Waals surface area contributed by atoms with Crippen LogP contribution in [0.3, 0.4) is 0 Å². The first kappa shape index (κ1) is 17.8. The highest BCUT2D eigenvalue weighted by Crippen LogP contribution is 2.05. The van der Waals surface area contributed by atoms with Crippen LogP contribution in [0.5, 0.6) is 0 Å². The van der Waals surface area contributed by atoms with Gasteiger partial charge < -0.3 is 10.2 Å². The standard InChI is InChI=1S/C7H14O2.C6H14O/c1-6(2)4-3-5-7(8)9;1-6(2)4-3-5-7/h6H,3-5H2,1-2H3,(H,8,9);6-7H,3-5H2,1-2H3. The van der Waals surface area contributed by atoms with Crippen molar-refractivity contribution >= 4 is 5.97 Å². The molecule has 0 aliphatic heterocycles. The summed E-state index contributed by atoms with van der Waals surface area (Å²) in [7, 11) is 0. The second-order valence-electron chi connectivity index (χ2n) is 4.94. The molecule has 0 amide bonds. The maximum Gasteiger partial charge on any atom is 0.303 e. The van der Waals surface area contributed by atoms with Crippen LogP contribution in [-0.4, -0.2) is 22.8 Å². The summed E-state index contributed by atoms with van der Waals surface area (Å²) in [5, 5.41) is 16.5. The van der Waals surface area contributed by atoms with Gasteiger partial charge in [0, 0.05) is 13.0 Å². The van der Waals surface area contributed by atoms with Gasteiger partial charge >= 0.3 is 5.97 Å². The van der Waals surface area contributed by atoms with Crippen LogP contribution in [0.25, 0.3) is 0 Å². The third kappa shape index (κ3) is 23.3. The van der Waals surface area contributed by atoms with Crippen LogP contribution < -0.4 is 0 Å². The lowest BCUT2D eigenvalue weighted by Gasteiger charge is -1.99. The van der Waals surface area contributed by atoms with E-state index in [4.69, 9.17) is 10.2 Å². The van der Waals surface area contributed by atoms with Crippen LogP contribution in [0.1, 0.15) is 59.8 Å². The first-order valence-electron chi connectivity index (χ1n) is 6.22. The van der Waals surface area contributed by atoms with Crippen LogP contribution in [0, 0.1) is 11.8 Å². The molecule has 3 nitrogen and oxygen atoms in total. The zero-order valence-electron chi connectivity index (χ0n) is 11.2. The molecule has 0 aromatic carbocycles. The van der Waals surface area contributed by atoms with Crippen molar-refractivity contribution in [3.05, 3.63) is 0 Å². The van der Waals surface area contributed by atoms with E-state index in [2.05, 4.69) is 27.7 Å². The van der Waals surface area contributed by atoms with Crippen LogP contribution in [0.15, 0.2) is 0 Å². The number of carbonyl (C=O) groups is 1. The van der Waals surface area contributed by atoms with Gasteiger partial charge in [-0.2, -0.15) is 0 Å². The molecule has 98 valence electrons. The number of hydrogen-bond acceptors (Lipinski definition) is 2. The van der Waals surface area contributed by atoms with Gasteiger partial charge in [-0.15, -0.1) is 0 Å². The van der Waals surface area contributed by atoms with Gasteiger partial charge in [0.1, 0.15) is 0 Å². The minimum atomic E-state index is -0.685. The fraction of sp³-hybridized carbons (Fsp3) is 0.923. The molecule has 0 unspecified atom stereocenters. The molecule has 0 atom stereocenters. The Balaban J connectivity index is 0. The SMILES string of the molecule is CC(C)CCCC(=O)O.CC(C)CCCO. The second kappa shape index (κ2) is 12.5. The number of carboxylic acid groups (broad SMARTS) is 1. The maximum absolute atomic E-state index is 9.98. The molecule has 0 spiro atoms. The van der Waals surface area contributed by atoms with Gasteiger partial charge in [0.25, 0.3) is 0 Å². The topological polar surface area (TPSA) is 57.5 Å². The van der Waals surface area contributed by atoms with E-state index >= 15 is 0 Å². The fourth-order valence-corrected chi connectivity index (χ4v) is 1.16. The summed E-state index contributed by atoms with van der Waals surface area (Å²) in [4.78, 5) is 9.98. The third-order valence-corrected chi connectivity index (χ3v) is 2.11. The van der Waals surface area contributed by atoms with Crippen LogP contribution in [0.4, 0.5) is 0 Å². The Morgan fingerprint density at radius 3 is 1.69 bits per heavy atom. The Morgan fingerprint density at radius 1 is 1.00 bits per heavy atom. The summed E-state index contributed by atoms with van der Waals surface area (Å²) in [5.41, 5.74) is 0. The van der Waals surface area contributed by atoms with Crippen LogP contribution in [-0.2, 0) is 4.79 Å². The van der Waals surface area contributed by atoms with Crippen molar-refractivity contribution in [3.8, 4) is 0 Å². The van der Waals surface area contributed by atoms with E-state index in [1.54, 1.807) is 0 Å². The van der Waals surface area contributed by atoms with Gasteiger partial charge in [-0.05, 0) is 31.1 Å². The smallest absolute Gasteiger partial charge is 0.303 e. The molecule has 0 aromatic rings. The molecule has 0 aromatic heterocycles. The zero-order chi connectivity index (χ0) is 13.0. The first-order chi connectivity index (χ1) is 7.40. The molecule has 0 bridgehead atoms. The molecule has 0 heterocycles. The summed E-state index contributed by atoms with van der Waals surface area (Å²) in [6.07, 6.45) is 4.26. The summed E-state index contributed by atoms with van der Waals surface area (Å²) < 4.78 is 0. The lowest BCUT2D eigenvalue weighted by Crippen LogP contribution is -1.95. The van der Waals surface area contributed by atoms with Gasteiger partial charge in [0.05, 0.1) is 0 Å². The van der Waals surface area contributed by atoms with Crippen molar-refractivity contribution in [2.24, 2.45) is 11.8 Å². The average molecular weight is 232 g/mol. The van der Waals surface area contributed by atoms with Gasteiger partial charge in [0.2, 0.25) is 0 Å². The van der Waals surface area contributed by atoms with Crippen molar-refractivity contribution in [1.82, 2.24) is 0 Å². The summed E-state index contributed by atoms with van der Waals surface area (Å²) in [5.74, 6) is 0.687. The number of carboxylic acids is 1. The van der Waals surface area contributed by atoms with Gasteiger partial charge in [-0.3, -0.25) is 4.79 Å². The van der Waals surface area contributed by atoms with Crippen molar-refractivity contribution in [3.63, 3.8) is 0 Å². The number of aliphatic hydroxyl groups is 1. The Bertz CT molecular complexity index is 153. The van der Waals surface area contributed by atoms with Crippen molar-refractivity contribution in [2.75, 3.05) is 6.61 Å². The second-order valence-corrected chi connectivity index (χ2v) is 4.94. The molecule has 0 rings (SSSR count). The minimum absolute atomic E-state index is 0.318. The predicted molar refractivity (Wildman–Crippen MR) is 67.5 cm³/mol. The Kier molecular flexibility index (Phi) is 13.9. The molecule has 0 aliphatic rings. The molecule has 16 heavy (non-hydrogen) atoms. The van der Waals surface area contributed by atoms with E-state index in [1.165, 1.54) is 0 Å².